The first kappa shape index (κ1) is 18.3. The van der Waals surface area contributed by atoms with E-state index in [4.69, 9.17) is 0 Å². The fraction of sp³-hybridized carbons (Fsp3) is 0.588. The van der Waals surface area contributed by atoms with Gasteiger partial charge in [-0.25, -0.2) is 12.8 Å². The molecular formula is C17H24FN3O3S. The van der Waals surface area contributed by atoms with E-state index in [-0.39, 0.29) is 16.4 Å². The van der Waals surface area contributed by atoms with Crippen molar-refractivity contribution in [1.82, 2.24) is 14.5 Å². The summed E-state index contributed by atoms with van der Waals surface area (Å²) in [7, 11) is -1.88. The normalized spacial score (nSPS) is 20.2. The lowest BCUT2D eigenvalue weighted by atomic mass is 10.1. The second kappa shape index (κ2) is 7.39. The van der Waals surface area contributed by atoms with Crippen molar-refractivity contribution in [2.24, 2.45) is 0 Å². The zero-order valence-electron chi connectivity index (χ0n) is 14.4. The lowest BCUT2D eigenvalue weighted by Crippen LogP contribution is -2.43. The Kier molecular flexibility index (Phi) is 5.41. The maximum absolute atomic E-state index is 14.4. The van der Waals surface area contributed by atoms with Crippen LogP contribution in [0.4, 0.5) is 4.39 Å². The highest BCUT2D eigenvalue weighted by Gasteiger charge is 2.30. The summed E-state index contributed by atoms with van der Waals surface area (Å²) in [5, 5.41) is 3.15. The Morgan fingerprint density at radius 3 is 2.36 bits per heavy atom. The molecule has 0 saturated carbocycles. The summed E-state index contributed by atoms with van der Waals surface area (Å²) in [6.07, 6.45) is 3.29. The van der Waals surface area contributed by atoms with Gasteiger partial charge in [0.15, 0.2) is 0 Å². The minimum Gasteiger partial charge on any atom is -0.339 e. The highest BCUT2D eigenvalue weighted by molar-refractivity contribution is 7.89. The van der Waals surface area contributed by atoms with Crippen molar-refractivity contribution in [3.8, 4) is 0 Å². The number of amides is 1. The van der Waals surface area contributed by atoms with Gasteiger partial charge in [0.1, 0.15) is 5.82 Å². The zero-order chi connectivity index (χ0) is 18.0. The highest BCUT2D eigenvalue weighted by Crippen LogP contribution is 2.24. The number of carbonyl (C=O) groups is 1. The molecule has 2 heterocycles. The number of sulfonamides is 1. The van der Waals surface area contributed by atoms with Crippen LogP contribution in [0.1, 0.15) is 36.0 Å². The summed E-state index contributed by atoms with van der Waals surface area (Å²) in [5.74, 6) is -1.14. The molecule has 0 atom stereocenters. The van der Waals surface area contributed by atoms with Gasteiger partial charge in [0, 0.05) is 32.2 Å². The van der Waals surface area contributed by atoms with Gasteiger partial charge in [0.2, 0.25) is 10.0 Å². The van der Waals surface area contributed by atoms with Crippen molar-refractivity contribution in [2.45, 2.75) is 36.6 Å². The number of rotatable bonds is 4. The van der Waals surface area contributed by atoms with Crippen molar-refractivity contribution in [3.05, 3.63) is 29.6 Å². The van der Waals surface area contributed by atoms with Crippen LogP contribution < -0.4 is 5.32 Å². The third kappa shape index (κ3) is 3.70. The van der Waals surface area contributed by atoms with Gasteiger partial charge in [0.25, 0.3) is 5.91 Å². The molecule has 0 bridgehead atoms. The van der Waals surface area contributed by atoms with Gasteiger partial charge in [-0.3, -0.25) is 4.79 Å². The number of nitrogens with zero attached hydrogens (tertiary/aromatic N) is 2. The topological polar surface area (TPSA) is 69.7 Å². The van der Waals surface area contributed by atoms with Crippen molar-refractivity contribution in [2.75, 3.05) is 33.2 Å². The molecule has 1 aromatic rings. The molecule has 2 aliphatic heterocycles. The molecule has 2 fully saturated rings. The van der Waals surface area contributed by atoms with Crippen molar-refractivity contribution in [3.63, 3.8) is 0 Å². The largest absolute Gasteiger partial charge is 0.339 e. The van der Waals surface area contributed by atoms with E-state index < -0.39 is 15.8 Å². The Hall–Kier alpha value is -1.51. The van der Waals surface area contributed by atoms with Crippen molar-refractivity contribution >= 4 is 15.9 Å². The standard InChI is InChI=1S/C17H24FN3O3S/c1-19-13-6-10-21(11-7-13)25(23,24)14-4-5-15(16(18)12-14)17(22)20-8-2-3-9-20/h4-5,12-13,19H,2-3,6-11H2,1H3. The Labute approximate surface area is 148 Å². The van der Waals surface area contributed by atoms with Gasteiger partial charge < -0.3 is 10.2 Å². The molecule has 2 saturated heterocycles. The molecule has 0 radical (unpaired) electrons. The van der Waals surface area contributed by atoms with Gasteiger partial charge in [-0.15, -0.1) is 0 Å². The first-order valence-corrected chi connectivity index (χ1v) is 10.1. The van der Waals surface area contributed by atoms with Crippen LogP contribution in [0.15, 0.2) is 23.1 Å². The van der Waals surface area contributed by atoms with Gasteiger partial charge in [-0.1, -0.05) is 0 Å². The Balaban J connectivity index is 1.78. The average Bonchev–Trinajstić information content (AvgIpc) is 3.15. The molecule has 25 heavy (non-hydrogen) atoms. The lowest BCUT2D eigenvalue weighted by Gasteiger charge is -2.31. The number of nitrogens with one attached hydrogen (secondary N) is 1. The molecule has 2 aliphatic rings. The second-order valence-corrected chi connectivity index (χ2v) is 8.55. The number of likely N-dealkylation sites (tertiary alicyclic amines) is 1. The Bertz CT molecular complexity index is 740. The smallest absolute Gasteiger partial charge is 0.256 e. The molecule has 138 valence electrons. The number of piperidine rings is 1. The third-order valence-corrected chi connectivity index (χ3v) is 6.96. The van der Waals surface area contributed by atoms with Crippen LogP contribution in [0, 0.1) is 5.82 Å². The molecule has 0 aromatic heterocycles. The van der Waals surface area contributed by atoms with E-state index in [1.54, 1.807) is 4.90 Å². The van der Waals surface area contributed by atoms with Crippen LogP contribution in [0.5, 0.6) is 0 Å². The molecule has 0 aliphatic carbocycles. The Morgan fingerprint density at radius 2 is 1.80 bits per heavy atom. The molecule has 3 rings (SSSR count). The molecular weight excluding hydrogens is 345 g/mol. The van der Waals surface area contributed by atoms with E-state index in [2.05, 4.69) is 5.32 Å². The number of benzene rings is 1. The first-order chi connectivity index (χ1) is 11.9. The molecule has 6 nitrogen and oxygen atoms in total. The van der Waals surface area contributed by atoms with Gasteiger partial charge in [-0.2, -0.15) is 4.31 Å². The van der Waals surface area contributed by atoms with Crippen LogP contribution in [-0.4, -0.2) is 62.8 Å². The number of hydrogen-bond donors (Lipinski definition) is 1. The lowest BCUT2D eigenvalue weighted by molar-refractivity contribution is 0.0788. The van der Waals surface area contributed by atoms with Gasteiger partial charge >= 0.3 is 0 Å². The van der Waals surface area contributed by atoms with Crippen LogP contribution in [0.2, 0.25) is 0 Å². The summed E-state index contributed by atoms with van der Waals surface area (Å²) < 4.78 is 41.2. The predicted octanol–water partition coefficient (Wildman–Crippen LogP) is 1.43. The van der Waals surface area contributed by atoms with Gasteiger partial charge in [-0.05, 0) is 50.9 Å². The quantitative estimate of drug-likeness (QED) is 0.872. The molecule has 1 amide bonds. The summed E-state index contributed by atoms with van der Waals surface area (Å²) in [5.41, 5.74) is -0.0604. The second-order valence-electron chi connectivity index (χ2n) is 6.61. The fourth-order valence-electron chi connectivity index (χ4n) is 3.45. The zero-order valence-corrected chi connectivity index (χ0v) is 15.2. The number of hydrogen-bond acceptors (Lipinski definition) is 4. The molecule has 1 N–H and O–H groups in total. The van der Waals surface area contributed by atoms with Crippen LogP contribution in [0.25, 0.3) is 0 Å². The van der Waals surface area contributed by atoms with E-state index in [0.717, 1.165) is 31.7 Å². The van der Waals surface area contributed by atoms with E-state index in [9.17, 15) is 17.6 Å². The van der Waals surface area contributed by atoms with Crippen molar-refractivity contribution < 1.29 is 17.6 Å². The molecule has 0 unspecified atom stereocenters. The first-order valence-electron chi connectivity index (χ1n) is 8.69. The Morgan fingerprint density at radius 1 is 1.16 bits per heavy atom. The molecule has 1 aromatic carbocycles. The average molecular weight is 369 g/mol. The van der Waals surface area contributed by atoms with Crippen LogP contribution >= 0.6 is 0 Å². The van der Waals surface area contributed by atoms with E-state index in [0.29, 0.717) is 32.2 Å². The van der Waals surface area contributed by atoms with E-state index in [1.165, 1.54) is 16.4 Å². The minimum absolute atomic E-state index is 0.0604. The number of halogens is 1. The summed E-state index contributed by atoms with van der Waals surface area (Å²) in [4.78, 5) is 13.8. The third-order valence-electron chi connectivity index (χ3n) is 5.06. The van der Waals surface area contributed by atoms with Crippen LogP contribution in [0.3, 0.4) is 0 Å². The van der Waals surface area contributed by atoms with E-state index in [1.807, 2.05) is 7.05 Å². The molecule has 8 heteroatoms. The predicted molar refractivity (Wildman–Crippen MR) is 92.4 cm³/mol. The number of carbonyl (C=O) groups excluding carboxylic acids is 1. The van der Waals surface area contributed by atoms with Gasteiger partial charge in [0.05, 0.1) is 10.5 Å². The fourth-order valence-corrected chi connectivity index (χ4v) is 4.94. The minimum atomic E-state index is -3.74. The summed E-state index contributed by atoms with van der Waals surface area (Å²) in [6.45, 7) is 2.06. The maximum atomic E-state index is 14.4. The molecule has 0 spiro atoms. The SMILES string of the molecule is CNC1CCN(S(=O)(=O)c2ccc(C(=O)N3CCCC3)c(F)c2)CC1. The van der Waals surface area contributed by atoms with E-state index >= 15 is 0 Å². The summed E-state index contributed by atoms with van der Waals surface area (Å²) in [6, 6.07) is 3.92. The summed E-state index contributed by atoms with van der Waals surface area (Å²) >= 11 is 0. The highest BCUT2D eigenvalue weighted by atomic mass is 32.2. The maximum Gasteiger partial charge on any atom is 0.256 e. The monoisotopic (exact) mass is 369 g/mol. The van der Waals surface area contributed by atoms with Crippen molar-refractivity contribution in [1.29, 1.82) is 0 Å². The van der Waals surface area contributed by atoms with Crippen LogP contribution in [-0.2, 0) is 10.0 Å².